The number of carbonyl (C=O) groups is 1. The van der Waals surface area contributed by atoms with Gasteiger partial charge in [0.2, 0.25) is 5.91 Å². The van der Waals surface area contributed by atoms with E-state index in [-0.39, 0.29) is 11.8 Å². The van der Waals surface area contributed by atoms with E-state index in [1.165, 1.54) is 28.5 Å². The Bertz CT molecular complexity index is 632. The second-order valence-electron chi connectivity index (χ2n) is 6.45. The van der Waals surface area contributed by atoms with Crippen molar-refractivity contribution >= 4 is 27.3 Å². The Morgan fingerprint density at radius 3 is 2.54 bits per heavy atom. The van der Waals surface area contributed by atoms with Crippen molar-refractivity contribution in [2.24, 2.45) is 5.92 Å². The predicted octanol–water partition coefficient (Wildman–Crippen LogP) is 1.36. The summed E-state index contributed by atoms with van der Waals surface area (Å²) in [6.07, 6.45) is 3.70. The van der Waals surface area contributed by atoms with Gasteiger partial charge in [-0.3, -0.25) is 4.79 Å². The fourth-order valence-corrected chi connectivity index (χ4v) is 6.00. The molecule has 0 bridgehead atoms. The molecule has 134 valence electrons. The summed E-state index contributed by atoms with van der Waals surface area (Å²) in [5.41, 5.74) is 0. The van der Waals surface area contributed by atoms with Crippen molar-refractivity contribution in [2.75, 3.05) is 39.3 Å². The minimum Gasteiger partial charge on any atom is -0.355 e. The second-order valence-corrected chi connectivity index (χ2v) is 9.56. The van der Waals surface area contributed by atoms with E-state index < -0.39 is 10.0 Å². The monoisotopic (exact) mass is 371 g/mol. The number of hydrogen-bond acceptors (Lipinski definition) is 5. The van der Waals surface area contributed by atoms with E-state index in [0.717, 1.165) is 19.6 Å². The molecule has 0 atom stereocenters. The van der Waals surface area contributed by atoms with Gasteiger partial charge in [0.25, 0.3) is 10.0 Å². The lowest BCUT2D eigenvalue weighted by Crippen LogP contribution is -2.44. The average Bonchev–Trinajstić information content (AvgIpc) is 3.29. The Balaban J connectivity index is 1.43. The molecule has 0 saturated carbocycles. The molecule has 3 rings (SSSR count). The number of carbonyl (C=O) groups excluding carboxylic acids is 1. The second kappa shape index (κ2) is 7.95. The van der Waals surface area contributed by atoms with Gasteiger partial charge in [0, 0.05) is 32.1 Å². The van der Waals surface area contributed by atoms with Crippen molar-refractivity contribution < 1.29 is 13.2 Å². The minimum absolute atomic E-state index is 0.0710. The number of rotatable bonds is 6. The Kier molecular flexibility index (Phi) is 5.91. The molecule has 24 heavy (non-hydrogen) atoms. The van der Waals surface area contributed by atoms with Crippen LogP contribution >= 0.6 is 11.3 Å². The molecule has 0 aromatic carbocycles. The molecule has 8 heteroatoms. The number of piperidine rings is 1. The van der Waals surface area contributed by atoms with Crippen LogP contribution in [-0.2, 0) is 14.8 Å². The maximum Gasteiger partial charge on any atom is 0.252 e. The number of nitrogens with one attached hydrogen (secondary N) is 1. The molecule has 2 aliphatic heterocycles. The first-order valence-corrected chi connectivity index (χ1v) is 10.9. The fraction of sp³-hybridized carbons (Fsp3) is 0.688. The average molecular weight is 372 g/mol. The number of sulfonamides is 1. The van der Waals surface area contributed by atoms with Gasteiger partial charge in [-0.2, -0.15) is 4.31 Å². The smallest absolute Gasteiger partial charge is 0.252 e. The molecule has 0 spiro atoms. The van der Waals surface area contributed by atoms with Gasteiger partial charge in [-0.15, -0.1) is 11.3 Å². The lowest BCUT2D eigenvalue weighted by Gasteiger charge is -2.30. The summed E-state index contributed by atoms with van der Waals surface area (Å²) in [6.45, 7) is 4.71. The summed E-state index contributed by atoms with van der Waals surface area (Å²) in [5, 5.41) is 4.79. The standard InChI is InChI=1S/C16H25N3O3S2/c20-16(17-7-12-18-8-1-2-9-18)14-5-10-19(11-6-14)24(21,22)15-4-3-13-23-15/h3-4,13-14H,1-2,5-12H2,(H,17,20). The van der Waals surface area contributed by atoms with Crippen LogP contribution in [0, 0.1) is 5.92 Å². The SMILES string of the molecule is O=C(NCCN1CCCC1)C1CCN(S(=O)(=O)c2cccs2)CC1. The van der Waals surface area contributed by atoms with Crippen LogP contribution in [0.4, 0.5) is 0 Å². The first kappa shape index (κ1) is 17.8. The van der Waals surface area contributed by atoms with Crippen molar-refractivity contribution in [3.05, 3.63) is 17.5 Å². The van der Waals surface area contributed by atoms with Crippen LogP contribution in [0.25, 0.3) is 0 Å². The molecule has 1 amide bonds. The van der Waals surface area contributed by atoms with Gasteiger partial charge in [0.1, 0.15) is 4.21 Å². The highest BCUT2D eigenvalue weighted by atomic mass is 32.2. The highest BCUT2D eigenvalue weighted by Gasteiger charge is 2.32. The molecule has 0 radical (unpaired) electrons. The van der Waals surface area contributed by atoms with Gasteiger partial charge >= 0.3 is 0 Å². The van der Waals surface area contributed by atoms with Gasteiger partial charge < -0.3 is 10.2 Å². The first-order chi connectivity index (χ1) is 11.6. The normalized spacial score (nSPS) is 21.2. The lowest BCUT2D eigenvalue weighted by atomic mass is 9.97. The number of amides is 1. The number of likely N-dealkylation sites (tertiary alicyclic amines) is 1. The number of hydrogen-bond donors (Lipinski definition) is 1. The van der Waals surface area contributed by atoms with Gasteiger partial charge in [-0.05, 0) is 50.2 Å². The van der Waals surface area contributed by atoms with Gasteiger partial charge in [0.05, 0.1) is 0 Å². The molecular weight excluding hydrogens is 346 g/mol. The van der Waals surface area contributed by atoms with Crippen LogP contribution in [0.5, 0.6) is 0 Å². The van der Waals surface area contributed by atoms with Crippen molar-refractivity contribution in [3.63, 3.8) is 0 Å². The van der Waals surface area contributed by atoms with E-state index in [0.29, 0.717) is 36.7 Å². The van der Waals surface area contributed by atoms with Crippen LogP contribution in [0.1, 0.15) is 25.7 Å². The summed E-state index contributed by atoms with van der Waals surface area (Å²) in [4.78, 5) is 14.6. The van der Waals surface area contributed by atoms with Crippen LogP contribution in [-0.4, -0.2) is 62.8 Å². The van der Waals surface area contributed by atoms with E-state index in [4.69, 9.17) is 0 Å². The van der Waals surface area contributed by atoms with Crippen molar-refractivity contribution in [1.82, 2.24) is 14.5 Å². The zero-order valence-electron chi connectivity index (χ0n) is 13.8. The summed E-state index contributed by atoms with van der Waals surface area (Å²) in [6, 6.07) is 3.38. The van der Waals surface area contributed by atoms with Crippen LogP contribution in [0.15, 0.2) is 21.7 Å². The van der Waals surface area contributed by atoms with E-state index in [2.05, 4.69) is 10.2 Å². The Morgan fingerprint density at radius 1 is 1.21 bits per heavy atom. The maximum absolute atomic E-state index is 12.5. The molecule has 1 aromatic heterocycles. The molecule has 0 aliphatic carbocycles. The van der Waals surface area contributed by atoms with Crippen LogP contribution in [0.3, 0.4) is 0 Å². The zero-order chi connectivity index (χ0) is 17.0. The Labute approximate surface area is 147 Å². The first-order valence-electron chi connectivity index (χ1n) is 8.61. The third kappa shape index (κ3) is 4.17. The molecule has 2 saturated heterocycles. The molecule has 6 nitrogen and oxygen atoms in total. The fourth-order valence-electron chi connectivity index (χ4n) is 3.38. The summed E-state index contributed by atoms with van der Waals surface area (Å²) < 4.78 is 26.8. The van der Waals surface area contributed by atoms with Crippen molar-refractivity contribution in [1.29, 1.82) is 0 Å². The zero-order valence-corrected chi connectivity index (χ0v) is 15.4. The summed E-state index contributed by atoms with van der Waals surface area (Å²) in [5.74, 6) is 0.000678. The van der Waals surface area contributed by atoms with E-state index in [1.807, 2.05) is 0 Å². The van der Waals surface area contributed by atoms with Crippen molar-refractivity contribution in [2.45, 2.75) is 29.9 Å². The molecule has 2 fully saturated rings. The molecule has 2 aliphatic rings. The molecular formula is C16H25N3O3S2. The van der Waals surface area contributed by atoms with Gasteiger partial charge in [0.15, 0.2) is 0 Å². The summed E-state index contributed by atoms with van der Waals surface area (Å²) in [7, 11) is -3.38. The predicted molar refractivity (Wildman–Crippen MR) is 94.5 cm³/mol. The Hall–Kier alpha value is -0.960. The van der Waals surface area contributed by atoms with E-state index in [1.54, 1.807) is 17.5 Å². The highest BCUT2D eigenvalue weighted by Crippen LogP contribution is 2.26. The van der Waals surface area contributed by atoms with Gasteiger partial charge in [-0.25, -0.2) is 8.42 Å². The molecule has 0 unspecified atom stereocenters. The molecule has 3 heterocycles. The van der Waals surface area contributed by atoms with E-state index >= 15 is 0 Å². The van der Waals surface area contributed by atoms with Gasteiger partial charge in [-0.1, -0.05) is 6.07 Å². The largest absolute Gasteiger partial charge is 0.355 e. The molecule has 1 N–H and O–H groups in total. The third-order valence-electron chi connectivity index (χ3n) is 4.84. The minimum atomic E-state index is -3.38. The van der Waals surface area contributed by atoms with E-state index in [9.17, 15) is 13.2 Å². The number of nitrogens with zero attached hydrogens (tertiary/aromatic N) is 2. The quantitative estimate of drug-likeness (QED) is 0.820. The third-order valence-corrected chi connectivity index (χ3v) is 8.11. The number of thiophene rings is 1. The highest BCUT2D eigenvalue weighted by molar-refractivity contribution is 7.91. The maximum atomic E-state index is 12.5. The molecule has 1 aromatic rings. The van der Waals surface area contributed by atoms with Crippen molar-refractivity contribution in [3.8, 4) is 0 Å². The summed E-state index contributed by atoms with van der Waals surface area (Å²) >= 11 is 1.24. The topological polar surface area (TPSA) is 69.7 Å². The van der Waals surface area contributed by atoms with Crippen LogP contribution < -0.4 is 5.32 Å². The van der Waals surface area contributed by atoms with Crippen LogP contribution in [0.2, 0.25) is 0 Å². The lowest BCUT2D eigenvalue weighted by molar-refractivity contribution is -0.126. The Morgan fingerprint density at radius 2 is 1.92 bits per heavy atom.